The zero-order valence-electron chi connectivity index (χ0n) is 13.6. The summed E-state index contributed by atoms with van der Waals surface area (Å²) in [5.41, 5.74) is 7.69. The first-order valence-corrected chi connectivity index (χ1v) is 9.27. The van der Waals surface area contributed by atoms with E-state index in [4.69, 9.17) is 10.5 Å². The van der Waals surface area contributed by atoms with E-state index >= 15 is 0 Å². The van der Waals surface area contributed by atoms with Gasteiger partial charge in [0, 0.05) is 18.5 Å². The molecule has 3 heterocycles. The Hall–Kier alpha value is -2.32. The number of nitrogens with two attached hydrogens (primary N) is 1. The van der Waals surface area contributed by atoms with Crippen molar-refractivity contribution in [3.63, 3.8) is 0 Å². The molecule has 0 amide bonds. The standard InChI is InChI=1S/C17H19N5O2S/c18-11-8-19-22(9-11)12-1-2-14-15(7-12)20-16(21-17(14)23)10-25-13-3-5-24-6-4-13/h1-2,7-9,13H,3-6,10,18H2,(H,20,21,23). The first-order chi connectivity index (χ1) is 12.2. The van der Waals surface area contributed by atoms with E-state index in [9.17, 15) is 4.79 Å². The molecule has 1 saturated heterocycles. The number of nitrogens with one attached hydrogen (secondary N) is 1. The molecule has 8 heteroatoms. The van der Waals surface area contributed by atoms with E-state index in [1.807, 2.05) is 23.9 Å². The monoisotopic (exact) mass is 357 g/mol. The minimum Gasteiger partial charge on any atom is -0.396 e. The third kappa shape index (κ3) is 3.54. The molecule has 130 valence electrons. The van der Waals surface area contributed by atoms with Gasteiger partial charge in [-0.05, 0) is 31.0 Å². The Morgan fingerprint density at radius 1 is 1.36 bits per heavy atom. The third-order valence-electron chi connectivity index (χ3n) is 4.23. The first kappa shape index (κ1) is 16.2. The van der Waals surface area contributed by atoms with Crippen LogP contribution in [0.2, 0.25) is 0 Å². The van der Waals surface area contributed by atoms with E-state index in [-0.39, 0.29) is 5.56 Å². The summed E-state index contributed by atoms with van der Waals surface area (Å²) in [5, 5.41) is 5.33. The van der Waals surface area contributed by atoms with Gasteiger partial charge in [-0.2, -0.15) is 16.9 Å². The number of rotatable bonds is 4. The van der Waals surface area contributed by atoms with Crippen LogP contribution in [0.25, 0.3) is 16.6 Å². The average Bonchev–Trinajstić information content (AvgIpc) is 3.07. The molecule has 1 aliphatic heterocycles. The van der Waals surface area contributed by atoms with Gasteiger partial charge >= 0.3 is 0 Å². The summed E-state index contributed by atoms with van der Waals surface area (Å²) in [7, 11) is 0. The maximum atomic E-state index is 12.3. The van der Waals surface area contributed by atoms with Gasteiger partial charge in [-0.1, -0.05) is 0 Å². The molecule has 0 radical (unpaired) electrons. The molecule has 1 fully saturated rings. The van der Waals surface area contributed by atoms with Gasteiger partial charge in [-0.15, -0.1) is 0 Å². The van der Waals surface area contributed by atoms with Gasteiger partial charge in [0.2, 0.25) is 0 Å². The van der Waals surface area contributed by atoms with Crippen molar-refractivity contribution in [3.05, 3.63) is 46.8 Å². The number of thioether (sulfide) groups is 1. The normalized spacial score (nSPS) is 15.7. The maximum Gasteiger partial charge on any atom is 0.258 e. The van der Waals surface area contributed by atoms with Crippen LogP contribution >= 0.6 is 11.8 Å². The summed E-state index contributed by atoms with van der Waals surface area (Å²) in [6.45, 7) is 1.63. The second-order valence-electron chi connectivity index (χ2n) is 6.06. The predicted molar refractivity (Wildman–Crippen MR) is 99.0 cm³/mol. The maximum absolute atomic E-state index is 12.3. The van der Waals surface area contributed by atoms with Crippen molar-refractivity contribution in [3.8, 4) is 5.69 Å². The zero-order chi connectivity index (χ0) is 17.2. The van der Waals surface area contributed by atoms with E-state index in [0.717, 1.165) is 31.7 Å². The number of anilines is 1. The molecule has 0 spiro atoms. The summed E-state index contributed by atoms with van der Waals surface area (Å²) in [4.78, 5) is 19.9. The van der Waals surface area contributed by atoms with Gasteiger partial charge in [0.25, 0.3) is 5.56 Å². The van der Waals surface area contributed by atoms with Crippen molar-refractivity contribution in [2.75, 3.05) is 18.9 Å². The predicted octanol–water partition coefficient (Wildman–Crippen LogP) is 2.10. The molecule has 4 rings (SSSR count). The van der Waals surface area contributed by atoms with E-state index in [0.29, 0.717) is 33.4 Å². The highest BCUT2D eigenvalue weighted by atomic mass is 32.2. The summed E-state index contributed by atoms with van der Waals surface area (Å²) < 4.78 is 7.06. The highest BCUT2D eigenvalue weighted by Gasteiger charge is 2.15. The smallest absolute Gasteiger partial charge is 0.258 e. The first-order valence-electron chi connectivity index (χ1n) is 8.22. The van der Waals surface area contributed by atoms with Gasteiger partial charge in [-0.25, -0.2) is 9.67 Å². The molecular weight excluding hydrogens is 338 g/mol. The number of nitrogens with zero attached hydrogens (tertiary/aromatic N) is 3. The lowest BCUT2D eigenvalue weighted by Crippen LogP contribution is -2.18. The van der Waals surface area contributed by atoms with Crippen LogP contribution in [-0.2, 0) is 10.5 Å². The summed E-state index contributed by atoms with van der Waals surface area (Å²) in [5.74, 6) is 1.39. The fourth-order valence-electron chi connectivity index (χ4n) is 2.90. The van der Waals surface area contributed by atoms with Crippen molar-refractivity contribution in [1.82, 2.24) is 19.7 Å². The van der Waals surface area contributed by atoms with E-state index in [1.54, 1.807) is 23.1 Å². The van der Waals surface area contributed by atoms with Crippen molar-refractivity contribution in [1.29, 1.82) is 0 Å². The molecule has 7 nitrogen and oxygen atoms in total. The molecule has 1 aromatic carbocycles. The minimum atomic E-state index is -0.112. The van der Waals surface area contributed by atoms with Crippen molar-refractivity contribution in [2.45, 2.75) is 23.8 Å². The molecule has 0 aliphatic carbocycles. The lowest BCUT2D eigenvalue weighted by atomic mass is 10.2. The molecule has 2 aromatic heterocycles. The van der Waals surface area contributed by atoms with Gasteiger partial charge in [0.15, 0.2) is 0 Å². The number of aromatic amines is 1. The van der Waals surface area contributed by atoms with Crippen LogP contribution in [0.4, 0.5) is 5.69 Å². The lowest BCUT2D eigenvalue weighted by molar-refractivity contribution is 0.1000. The number of fused-ring (bicyclic) bond motifs is 1. The molecule has 3 N–H and O–H groups in total. The summed E-state index contributed by atoms with van der Waals surface area (Å²) in [6.07, 6.45) is 5.42. The number of H-pyrrole nitrogens is 1. The molecule has 1 aliphatic rings. The second kappa shape index (κ2) is 6.89. The zero-order valence-corrected chi connectivity index (χ0v) is 14.5. The Balaban J connectivity index is 1.61. The quantitative estimate of drug-likeness (QED) is 0.742. The van der Waals surface area contributed by atoms with Crippen LogP contribution in [0.15, 0.2) is 35.4 Å². The number of ether oxygens (including phenoxy) is 1. The fraction of sp³-hybridized carbons (Fsp3) is 0.353. The van der Waals surface area contributed by atoms with Gasteiger partial charge in [0.05, 0.1) is 40.4 Å². The van der Waals surface area contributed by atoms with Crippen LogP contribution in [0.1, 0.15) is 18.7 Å². The Bertz CT molecular complexity index is 946. The highest BCUT2D eigenvalue weighted by Crippen LogP contribution is 2.25. The summed E-state index contributed by atoms with van der Waals surface area (Å²) >= 11 is 1.82. The van der Waals surface area contributed by atoms with E-state index in [2.05, 4.69) is 15.1 Å². The largest absolute Gasteiger partial charge is 0.396 e. The van der Waals surface area contributed by atoms with Crippen LogP contribution in [0.3, 0.4) is 0 Å². The molecular formula is C17H19N5O2S. The topological polar surface area (TPSA) is 98.8 Å². The SMILES string of the molecule is Nc1cnn(-c2ccc3c(=O)[nH]c(CSC4CCOCC4)nc3c2)c1. The van der Waals surface area contributed by atoms with Crippen LogP contribution in [0, 0.1) is 0 Å². The lowest BCUT2D eigenvalue weighted by Gasteiger charge is -2.21. The fourth-order valence-corrected chi connectivity index (χ4v) is 3.96. The molecule has 3 aromatic rings. The van der Waals surface area contributed by atoms with Crippen LogP contribution in [-0.4, -0.2) is 38.2 Å². The third-order valence-corrected chi connectivity index (χ3v) is 5.61. The molecule has 0 saturated carbocycles. The Labute approximate surface area is 148 Å². The number of benzene rings is 1. The second-order valence-corrected chi connectivity index (χ2v) is 7.34. The molecule has 25 heavy (non-hydrogen) atoms. The Kier molecular flexibility index (Phi) is 4.46. The van der Waals surface area contributed by atoms with Gasteiger partial charge < -0.3 is 15.5 Å². The average molecular weight is 357 g/mol. The number of nitrogen functional groups attached to an aromatic ring is 1. The van der Waals surface area contributed by atoms with Crippen LogP contribution < -0.4 is 11.3 Å². The summed E-state index contributed by atoms with van der Waals surface area (Å²) in [6, 6.07) is 5.46. The molecule has 0 bridgehead atoms. The number of hydrogen-bond donors (Lipinski definition) is 2. The molecule has 0 unspecified atom stereocenters. The van der Waals surface area contributed by atoms with Crippen LogP contribution in [0.5, 0.6) is 0 Å². The van der Waals surface area contributed by atoms with Gasteiger partial charge in [-0.3, -0.25) is 4.79 Å². The minimum absolute atomic E-state index is 0.112. The number of aromatic nitrogens is 4. The van der Waals surface area contributed by atoms with E-state index < -0.39 is 0 Å². The highest BCUT2D eigenvalue weighted by molar-refractivity contribution is 7.99. The Morgan fingerprint density at radius 2 is 2.20 bits per heavy atom. The van der Waals surface area contributed by atoms with Crippen molar-refractivity contribution < 1.29 is 4.74 Å². The van der Waals surface area contributed by atoms with Crippen molar-refractivity contribution in [2.24, 2.45) is 0 Å². The van der Waals surface area contributed by atoms with E-state index in [1.165, 1.54) is 0 Å². The van der Waals surface area contributed by atoms with Gasteiger partial charge in [0.1, 0.15) is 5.82 Å². The Morgan fingerprint density at radius 3 is 2.96 bits per heavy atom. The molecule has 0 atom stereocenters. The number of hydrogen-bond acceptors (Lipinski definition) is 6. The van der Waals surface area contributed by atoms with Crippen molar-refractivity contribution >= 4 is 28.4 Å².